The van der Waals surface area contributed by atoms with Crippen LogP contribution < -0.4 is 5.73 Å². The molecule has 0 fully saturated rings. The van der Waals surface area contributed by atoms with Crippen molar-refractivity contribution in [2.24, 2.45) is 5.73 Å². The van der Waals surface area contributed by atoms with E-state index in [0.717, 1.165) is 0 Å². The number of carbonyl (C=O) groups is 1. The van der Waals surface area contributed by atoms with Gasteiger partial charge in [-0.3, -0.25) is 9.78 Å². The molecule has 1 heterocycles. The van der Waals surface area contributed by atoms with Gasteiger partial charge in [-0.1, -0.05) is 17.7 Å². The van der Waals surface area contributed by atoms with Crippen LogP contribution in [0.4, 0.5) is 4.39 Å². The summed E-state index contributed by atoms with van der Waals surface area (Å²) in [5, 5.41) is 0.268. The van der Waals surface area contributed by atoms with Gasteiger partial charge >= 0.3 is 0 Å². The van der Waals surface area contributed by atoms with Crippen LogP contribution in [0.15, 0.2) is 36.5 Å². The van der Waals surface area contributed by atoms with Gasteiger partial charge in [0.2, 0.25) is 5.91 Å². The van der Waals surface area contributed by atoms with Crippen molar-refractivity contribution in [3.05, 3.63) is 52.9 Å². The molecule has 5 heteroatoms. The average Bonchev–Trinajstić information content (AvgIpc) is 2.29. The molecule has 1 aromatic heterocycles. The van der Waals surface area contributed by atoms with E-state index in [1.54, 1.807) is 6.07 Å². The van der Waals surface area contributed by atoms with Crippen molar-refractivity contribution < 1.29 is 9.18 Å². The molecule has 1 amide bonds. The highest BCUT2D eigenvalue weighted by atomic mass is 35.5. The molecule has 0 bridgehead atoms. The lowest BCUT2D eigenvalue weighted by Crippen LogP contribution is -2.11. The van der Waals surface area contributed by atoms with Crippen LogP contribution in [0.5, 0.6) is 0 Å². The molecule has 2 rings (SSSR count). The van der Waals surface area contributed by atoms with Crippen molar-refractivity contribution in [2.45, 2.75) is 0 Å². The average molecular weight is 251 g/mol. The van der Waals surface area contributed by atoms with Crippen molar-refractivity contribution in [3.8, 4) is 11.3 Å². The van der Waals surface area contributed by atoms with Gasteiger partial charge in [0, 0.05) is 6.20 Å². The zero-order valence-electron chi connectivity index (χ0n) is 8.65. The van der Waals surface area contributed by atoms with Crippen molar-refractivity contribution >= 4 is 17.5 Å². The van der Waals surface area contributed by atoms with Gasteiger partial charge in [-0.25, -0.2) is 4.39 Å². The topological polar surface area (TPSA) is 56.0 Å². The zero-order chi connectivity index (χ0) is 12.4. The van der Waals surface area contributed by atoms with Crippen LogP contribution in [-0.2, 0) is 0 Å². The molecule has 1 aromatic carbocycles. The molecule has 2 aromatic rings. The Balaban J connectivity index is 2.50. The monoisotopic (exact) mass is 250 g/mol. The second kappa shape index (κ2) is 4.51. The second-order valence-corrected chi connectivity index (χ2v) is 3.80. The number of primary amides is 1. The van der Waals surface area contributed by atoms with Crippen LogP contribution in [0.1, 0.15) is 10.4 Å². The largest absolute Gasteiger partial charge is 0.366 e. The molecule has 17 heavy (non-hydrogen) atoms. The van der Waals surface area contributed by atoms with Crippen molar-refractivity contribution in [1.82, 2.24) is 4.98 Å². The number of nitrogens with two attached hydrogens (primary N) is 1. The molecule has 0 aliphatic heterocycles. The summed E-state index contributed by atoms with van der Waals surface area (Å²) < 4.78 is 13.6. The van der Waals surface area contributed by atoms with E-state index in [2.05, 4.69) is 4.98 Å². The highest BCUT2D eigenvalue weighted by Crippen LogP contribution is 2.28. The first-order valence-electron chi connectivity index (χ1n) is 4.80. The summed E-state index contributed by atoms with van der Waals surface area (Å²) in [6, 6.07) is 7.37. The van der Waals surface area contributed by atoms with Crippen molar-refractivity contribution in [1.29, 1.82) is 0 Å². The molecule has 2 N–H and O–H groups in total. The van der Waals surface area contributed by atoms with Gasteiger partial charge in [0.15, 0.2) is 0 Å². The highest BCUT2D eigenvalue weighted by molar-refractivity contribution is 6.33. The lowest BCUT2D eigenvalue weighted by atomic mass is 10.1. The van der Waals surface area contributed by atoms with Gasteiger partial charge in [-0.15, -0.1) is 0 Å². The number of hydrogen-bond donors (Lipinski definition) is 1. The van der Waals surface area contributed by atoms with Gasteiger partial charge < -0.3 is 5.73 Å². The minimum atomic E-state index is -0.580. The maximum Gasteiger partial charge on any atom is 0.250 e. The first kappa shape index (κ1) is 11.5. The number of hydrogen-bond acceptors (Lipinski definition) is 2. The Kier molecular flexibility index (Phi) is 3.06. The molecule has 0 saturated carbocycles. The summed E-state index contributed by atoms with van der Waals surface area (Å²) in [5.74, 6) is -1.04. The number of halogens is 2. The van der Waals surface area contributed by atoms with E-state index in [1.165, 1.54) is 30.5 Å². The summed E-state index contributed by atoms with van der Waals surface area (Å²) in [7, 11) is 0. The van der Waals surface area contributed by atoms with Crippen LogP contribution in [0, 0.1) is 5.82 Å². The number of amides is 1. The first-order chi connectivity index (χ1) is 8.09. The minimum absolute atomic E-state index is 0.213. The Morgan fingerprint density at radius 3 is 2.59 bits per heavy atom. The quantitative estimate of drug-likeness (QED) is 0.891. The number of benzene rings is 1. The fourth-order valence-electron chi connectivity index (χ4n) is 1.43. The number of aromatic nitrogens is 1. The Labute approximate surface area is 102 Å². The van der Waals surface area contributed by atoms with Crippen molar-refractivity contribution in [2.75, 3.05) is 0 Å². The predicted molar refractivity (Wildman–Crippen MR) is 63.2 cm³/mol. The molecular formula is C12H8ClFN2O. The Morgan fingerprint density at radius 1 is 1.29 bits per heavy atom. The Hall–Kier alpha value is -1.94. The molecule has 0 aliphatic rings. The number of rotatable bonds is 2. The van der Waals surface area contributed by atoms with Crippen LogP contribution in [-0.4, -0.2) is 10.9 Å². The molecule has 86 valence electrons. The third-order valence-corrected chi connectivity index (χ3v) is 2.58. The van der Waals surface area contributed by atoms with Gasteiger partial charge in [0.25, 0.3) is 0 Å². The van der Waals surface area contributed by atoms with E-state index in [9.17, 15) is 9.18 Å². The number of carbonyl (C=O) groups excluding carboxylic acids is 1. The maximum absolute atomic E-state index is 13.6. The third kappa shape index (κ3) is 2.26. The zero-order valence-corrected chi connectivity index (χ0v) is 9.41. The molecule has 0 unspecified atom stereocenters. The van der Waals surface area contributed by atoms with E-state index < -0.39 is 11.7 Å². The molecule has 0 aliphatic carbocycles. The predicted octanol–water partition coefficient (Wildman–Crippen LogP) is 2.64. The lowest BCUT2D eigenvalue weighted by molar-refractivity contribution is 0.1000. The van der Waals surface area contributed by atoms with Crippen LogP contribution in [0.2, 0.25) is 5.02 Å². The fraction of sp³-hybridized carbons (Fsp3) is 0. The molecule has 3 nitrogen and oxygen atoms in total. The van der Waals surface area contributed by atoms with Gasteiger partial charge in [0.05, 0.1) is 21.8 Å². The SMILES string of the molecule is NC(=O)c1ccc(-c2c(F)cccc2Cl)nc1. The third-order valence-electron chi connectivity index (χ3n) is 2.27. The van der Waals surface area contributed by atoms with Gasteiger partial charge in [-0.2, -0.15) is 0 Å². The summed E-state index contributed by atoms with van der Waals surface area (Å²) in [6.45, 7) is 0. The van der Waals surface area contributed by atoms with E-state index in [4.69, 9.17) is 17.3 Å². The smallest absolute Gasteiger partial charge is 0.250 e. The number of nitrogens with zero attached hydrogens (tertiary/aromatic N) is 1. The number of pyridine rings is 1. The van der Waals surface area contributed by atoms with Gasteiger partial charge in [0.1, 0.15) is 5.82 Å². The van der Waals surface area contributed by atoms with E-state index in [-0.39, 0.29) is 16.1 Å². The minimum Gasteiger partial charge on any atom is -0.366 e. The van der Waals surface area contributed by atoms with Crippen LogP contribution in [0.25, 0.3) is 11.3 Å². The normalized spacial score (nSPS) is 10.2. The Morgan fingerprint density at radius 2 is 2.06 bits per heavy atom. The molecule has 0 spiro atoms. The highest BCUT2D eigenvalue weighted by Gasteiger charge is 2.11. The molecule has 0 radical (unpaired) electrons. The summed E-state index contributed by atoms with van der Waals surface area (Å²) in [6.07, 6.45) is 1.29. The molecular weight excluding hydrogens is 243 g/mol. The Bertz CT molecular complexity index is 549. The summed E-state index contributed by atoms with van der Waals surface area (Å²) in [4.78, 5) is 14.8. The fourth-order valence-corrected chi connectivity index (χ4v) is 1.69. The van der Waals surface area contributed by atoms with Crippen molar-refractivity contribution in [3.63, 3.8) is 0 Å². The molecule has 0 saturated heterocycles. The standard InChI is InChI=1S/C12H8ClFN2O/c13-8-2-1-3-9(14)11(8)10-5-4-7(6-16-10)12(15)17/h1-6H,(H2,15,17). The van der Waals surface area contributed by atoms with E-state index >= 15 is 0 Å². The maximum atomic E-state index is 13.6. The van der Waals surface area contributed by atoms with Crippen LogP contribution in [0.3, 0.4) is 0 Å². The van der Waals surface area contributed by atoms with Gasteiger partial charge in [-0.05, 0) is 24.3 Å². The first-order valence-corrected chi connectivity index (χ1v) is 5.17. The van der Waals surface area contributed by atoms with E-state index in [0.29, 0.717) is 5.69 Å². The summed E-state index contributed by atoms with van der Waals surface area (Å²) in [5.41, 5.74) is 5.92. The summed E-state index contributed by atoms with van der Waals surface area (Å²) >= 11 is 5.89. The lowest BCUT2D eigenvalue weighted by Gasteiger charge is -2.05. The van der Waals surface area contributed by atoms with Crippen LogP contribution >= 0.6 is 11.6 Å². The molecule has 0 atom stereocenters. The second-order valence-electron chi connectivity index (χ2n) is 3.39. The van der Waals surface area contributed by atoms with E-state index in [1.807, 2.05) is 0 Å².